The zero-order valence-corrected chi connectivity index (χ0v) is 16.6. The smallest absolute Gasteiger partial charge is 0.224 e. The highest BCUT2D eigenvalue weighted by atomic mass is 16.5. The summed E-state index contributed by atoms with van der Waals surface area (Å²) in [6.45, 7) is 2.03. The van der Waals surface area contributed by atoms with Crippen LogP contribution in [0.2, 0.25) is 0 Å². The number of carbonyl (C=O) groups excluding carboxylic acids is 2. The first kappa shape index (κ1) is 20.1. The van der Waals surface area contributed by atoms with Crippen molar-refractivity contribution >= 4 is 28.8 Å². The topological polar surface area (TPSA) is 67.4 Å². The Kier molecular flexibility index (Phi) is 6.63. The Balaban J connectivity index is 1.58. The number of aryl methyl sites for hydroxylation is 1. The van der Waals surface area contributed by atoms with Crippen LogP contribution in [-0.2, 0) is 4.79 Å². The fourth-order valence-corrected chi connectivity index (χ4v) is 2.85. The molecule has 0 saturated carbocycles. The molecule has 0 bridgehead atoms. The number of ether oxygens (including phenoxy) is 1. The number of anilines is 3. The van der Waals surface area contributed by atoms with Crippen LogP contribution in [-0.4, -0.2) is 18.8 Å². The van der Waals surface area contributed by atoms with Crippen LogP contribution in [0.5, 0.6) is 5.75 Å². The Bertz CT molecular complexity index is 980. The fourth-order valence-electron chi connectivity index (χ4n) is 2.85. The number of rotatable bonds is 8. The van der Waals surface area contributed by atoms with Gasteiger partial charge in [-0.2, -0.15) is 0 Å². The maximum Gasteiger partial charge on any atom is 0.224 e. The van der Waals surface area contributed by atoms with Crippen molar-refractivity contribution in [1.29, 1.82) is 0 Å². The number of hydrogen-bond donors (Lipinski definition) is 2. The summed E-state index contributed by atoms with van der Waals surface area (Å²) in [5.74, 6) is 0.413. The lowest BCUT2D eigenvalue weighted by molar-refractivity contribution is -0.116. The van der Waals surface area contributed by atoms with Crippen molar-refractivity contribution in [3.63, 3.8) is 0 Å². The molecule has 0 unspecified atom stereocenters. The van der Waals surface area contributed by atoms with Gasteiger partial charge in [-0.3, -0.25) is 9.59 Å². The predicted octanol–water partition coefficient (Wildman–Crippen LogP) is 5.35. The Labute approximate surface area is 170 Å². The summed E-state index contributed by atoms with van der Waals surface area (Å²) in [6.07, 6.45) is 0.259. The van der Waals surface area contributed by atoms with Crippen LogP contribution in [0.4, 0.5) is 17.1 Å². The molecule has 0 aliphatic carbocycles. The Morgan fingerprint density at radius 3 is 2.14 bits per heavy atom. The van der Waals surface area contributed by atoms with Crippen molar-refractivity contribution in [2.45, 2.75) is 19.8 Å². The molecule has 5 nitrogen and oxygen atoms in total. The van der Waals surface area contributed by atoms with E-state index in [9.17, 15) is 9.59 Å². The van der Waals surface area contributed by atoms with Crippen molar-refractivity contribution in [2.24, 2.45) is 0 Å². The zero-order valence-electron chi connectivity index (χ0n) is 16.6. The normalized spacial score (nSPS) is 10.3. The number of Topliss-reactive ketones (excluding diaryl/α,β-unsaturated/α-hetero) is 1. The van der Waals surface area contributed by atoms with Gasteiger partial charge in [-0.05, 0) is 55.5 Å². The number of benzene rings is 3. The van der Waals surface area contributed by atoms with Crippen molar-refractivity contribution in [1.82, 2.24) is 0 Å². The van der Waals surface area contributed by atoms with E-state index in [2.05, 4.69) is 10.6 Å². The molecular formula is C24H24N2O3. The van der Waals surface area contributed by atoms with E-state index in [1.165, 1.54) is 5.56 Å². The van der Waals surface area contributed by atoms with Crippen LogP contribution in [0, 0.1) is 6.92 Å². The lowest BCUT2D eigenvalue weighted by Gasteiger charge is -2.13. The first-order valence-electron chi connectivity index (χ1n) is 9.45. The first-order chi connectivity index (χ1) is 14.0. The Hall–Kier alpha value is -3.60. The minimum atomic E-state index is -0.204. The number of nitrogens with one attached hydrogen (secondary N) is 2. The van der Waals surface area contributed by atoms with E-state index in [-0.39, 0.29) is 24.5 Å². The standard InChI is InChI=1S/C24H24N2O3/c1-17-7-11-19(12-8-17)25-21-5-3-4-6-22(21)26-24(28)16-15-23(27)18-9-13-20(29-2)14-10-18/h3-14,25H,15-16H2,1-2H3,(H,26,28). The van der Waals surface area contributed by atoms with Crippen molar-refractivity contribution in [3.8, 4) is 5.75 Å². The van der Waals surface area contributed by atoms with E-state index in [0.717, 1.165) is 11.4 Å². The molecule has 29 heavy (non-hydrogen) atoms. The van der Waals surface area contributed by atoms with Gasteiger partial charge >= 0.3 is 0 Å². The van der Waals surface area contributed by atoms with E-state index in [4.69, 9.17) is 4.74 Å². The maximum atomic E-state index is 12.4. The van der Waals surface area contributed by atoms with Crippen LogP contribution < -0.4 is 15.4 Å². The minimum absolute atomic E-state index is 0.0751. The number of ketones is 1. The van der Waals surface area contributed by atoms with Gasteiger partial charge < -0.3 is 15.4 Å². The zero-order chi connectivity index (χ0) is 20.6. The fraction of sp³-hybridized carbons (Fsp3) is 0.167. The van der Waals surface area contributed by atoms with Gasteiger partial charge in [-0.1, -0.05) is 29.8 Å². The molecular weight excluding hydrogens is 364 g/mol. The molecule has 0 aliphatic heterocycles. The van der Waals surface area contributed by atoms with Crippen molar-refractivity contribution in [3.05, 3.63) is 83.9 Å². The quantitative estimate of drug-likeness (QED) is 0.511. The molecule has 1 amide bonds. The van der Waals surface area contributed by atoms with Crippen LogP contribution >= 0.6 is 0 Å². The number of amides is 1. The third kappa shape index (κ3) is 5.69. The average Bonchev–Trinajstić information content (AvgIpc) is 2.75. The lowest BCUT2D eigenvalue weighted by atomic mass is 10.1. The van der Waals surface area contributed by atoms with Crippen LogP contribution in [0.15, 0.2) is 72.8 Å². The summed E-state index contributed by atoms with van der Waals surface area (Å²) >= 11 is 0. The highest BCUT2D eigenvalue weighted by Gasteiger charge is 2.11. The monoisotopic (exact) mass is 388 g/mol. The van der Waals surface area contributed by atoms with Gasteiger partial charge in [0.05, 0.1) is 18.5 Å². The second-order valence-electron chi connectivity index (χ2n) is 6.74. The summed E-state index contributed by atoms with van der Waals surface area (Å²) in [7, 11) is 1.58. The maximum absolute atomic E-state index is 12.4. The highest BCUT2D eigenvalue weighted by Crippen LogP contribution is 2.25. The molecule has 5 heteroatoms. The second kappa shape index (κ2) is 9.55. The van der Waals surface area contributed by atoms with Gasteiger partial charge in [0.1, 0.15) is 5.75 Å². The third-order valence-electron chi connectivity index (χ3n) is 4.52. The molecule has 3 aromatic rings. The molecule has 3 rings (SSSR count). The Morgan fingerprint density at radius 2 is 1.48 bits per heavy atom. The molecule has 0 atom stereocenters. The minimum Gasteiger partial charge on any atom is -0.497 e. The first-order valence-corrected chi connectivity index (χ1v) is 9.45. The summed E-state index contributed by atoms with van der Waals surface area (Å²) < 4.78 is 5.09. The van der Waals surface area contributed by atoms with E-state index in [1.54, 1.807) is 31.4 Å². The summed E-state index contributed by atoms with van der Waals surface area (Å²) in [6, 6.07) is 22.4. The summed E-state index contributed by atoms with van der Waals surface area (Å²) in [5, 5.41) is 6.21. The number of hydrogen-bond acceptors (Lipinski definition) is 4. The lowest BCUT2D eigenvalue weighted by Crippen LogP contribution is -2.14. The average molecular weight is 388 g/mol. The molecule has 0 heterocycles. The van der Waals surface area contributed by atoms with E-state index in [1.807, 2.05) is 55.5 Å². The molecule has 0 aliphatic rings. The molecule has 0 saturated heterocycles. The summed E-state index contributed by atoms with van der Waals surface area (Å²) in [5.41, 5.74) is 4.16. The molecule has 0 radical (unpaired) electrons. The third-order valence-corrected chi connectivity index (χ3v) is 4.52. The molecule has 148 valence electrons. The molecule has 0 aromatic heterocycles. The van der Waals surface area contributed by atoms with Gasteiger partial charge in [0, 0.05) is 24.1 Å². The van der Waals surface area contributed by atoms with Gasteiger partial charge in [0.25, 0.3) is 0 Å². The van der Waals surface area contributed by atoms with Crippen molar-refractivity contribution < 1.29 is 14.3 Å². The highest BCUT2D eigenvalue weighted by molar-refractivity contribution is 6.01. The van der Waals surface area contributed by atoms with Gasteiger partial charge in [0.15, 0.2) is 5.78 Å². The molecule has 3 aromatic carbocycles. The SMILES string of the molecule is COc1ccc(C(=O)CCC(=O)Nc2ccccc2Nc2ccc(C)cc2)cc1. The molecule has 0 spiro atoms. The largest absolute Gasteiger partial charge is 0.497 e. The summed E-state index contributed by atoms with van der Waals surface area (Å²) in [4.78, 5) is 24.7. The Morgan fingerprint density at radius 1 is 0.828 bits per heavy atom. The predicted molar refractivity (Wildman–Crippen MR) is 116 cm³/mol. The van der Waals surface area contributed by atoms with Crippen molar-refractivity contribution in [2.75, 3.05) is 17.7 Å². The van der Waals surface area contributed by atoms with E-state index >= 15 is 0 Å². The number of carbonyl (C=O) groups is 2. The van der Waals surface area contributed by atoms with Crippen LogP contribution in [0.3, 0.4) is 0 Å². The molecule has 0 fully saturated rings. The van der Waals surface area contributed by atoms with E-state index < -0.39 is 0 Å². The van der Waals surface area contributed by atoms with Gasteiger partial charge in [0.2, 0.25) is 5.91 Å². The van der Waals surface area contributed by atoms with Crippen LogP contribution in [0.1, 0.15) is 28.8 Å². The second-order valence-corrected chi connectivity index (χ2v) is 6.74. The van der Waals surface area contributed by atoms with Crippen LogP contribution in [0.25, 0.3) is 0 Å². The van der Waals surface area contributed by atoms with Gasteiger partial charge in [-0.25, -0.2) is 0 Å². The molecule has 2 N–H and O–H groups in total. The van der Waals surface area contributed by atoms with Gasteiger partial charge in [-0.15, -0.1) is 0 Å². The number of methoxy groups -OCH3 is 1. The number of para-hydroxylation sites is 2. The van der Waals surface area contributed by atoms with E-state index in [0.29, 0.717) is 17.0 Å².